The van der Waals surface area contributed by atoms with E-state index in [9.17, 15) is 0 Å². The summed E-state index contributed by atoms with van der Waals surface area (Å²) in [5, 5.41) is 0. The Labute approximate surface area is 76.9 Å². The van der Waals surface area contributed by atoms with E-state index >= 15 is 0 Å². The van der Waals surface area contributed by atoms with Crippen LogP contribution in [0.5, 0.6) is 0 Å². The average Bonchev–Trinajstić information content (AvgIpc) is 1.36. The summed E-state index contributed by atoms with van der Waals surface area (Å²) in [6.45, 7) is 0. The van der Waals surface area contributed by atoms with E-state index in [2.05, 4.69) is 0 Å². The molecule has 0 aliphatic heterocycles. The Morgan fingerprint density at radius 2 is 0.917 bits per heavy atom. The van der Waals surface area contributed by atoms with Gasteiger partial charge in [0.15, 0.2) is 0 Å². The molecule has 83 valence electrons. The molecule has 0 aromatic heterocycles. The first kappa shape index (κ1) is 57.7. The van der Waals surface area contributed by atoms with Gasteiger partial charge in [0.05, 0.1) is 0 Å². The van der Waals surface area contributed by atoms with Crippen molar-refractivity contribution in [3.8, 4) is 0 Å². The number of hydrogen-bond acceptors (Lipinski definition) is 4. The van der Waals surface area contributed by atoms with Gasteiger partial charge in [0.1, 0.15) is 0 Å². The van der Waals surface area contributed by atoms with Crippen LogP contribution in [0.25, 0.3) is 0 Å². The Kier molecular flexibility index (Phi) is 146. The van der Waals surface area contributed by atoms with Gasteiger partial charge in [-0.15, -0.1) is 0 Å². The third-order valence-electron chi connectivity index (χ3n) is 0. The third kappa shape index (κ3) is 278000. The van der Waals surface area contributed by atoms with Crippen LogP contribution in [0.1, 0.15) is 0 Å². The molecule has 0 fully saturated rings. The van der Waals surface area contributed by atoms with Gasteiger partial charge in [0.2, 0.25) is 10.4 Å². The third-order valence-corrected chi connectivity index (χ3v) is 0. The molecule has 0 aromatic rings. The maximum atomic E-state index is 8.63. The quantitative estimate of drug-likeness (QED) is 0.327. The summed E-state index contributed by atoms with van der Waals surface area (Å²) in [6, 6.07) is 0. The first-order chi connectivity index (χ1) is 3.00. The van der Waals surface area contributed by atoms with E-state index in [4.69, 9.17) is 21.2 Å². The number of hydrogen-bond donors (Lipinski definition) is 1. The maximum absolute atomic E-state index is 8.63. The van der Waals surface area contributed by atoms with Gasteiger partial charge in [0, 0.05) is 0 Å². The molecule has 0 rings (SSSR count). The number of rotatable bonds is 0. The van der Waals surface area contributed by atoms with Crippen molar-refractivity contribution in [2.24, 2.45) is 0 Å². The molecule has 0 unspecified atom stereocenters. The molecule has 0 aromatic carbocycles. The van der Waals surface area contributed by atoms with Crippen LogP contribution in [-0.4, -0.2) is 44.9 Å². The van der Waals surface area contributed by atoms with E-state index in [0.29, 0.717) is 0 Å². The Bertz CT molecular complexity index is 104. The Balaban J connectivity index is -0.00000000671. The molecule has 0 aliphatic carbocycles. The van der Waals surface area contributed by atoms with E-state index in [1.165, 1.54) is 0 Å². The zero-order valence-electron chi connectivity index (χ0n) is 5.44. The molecule has 12 heteroatoms. The van der Waals surface area contributed by atoms with Crippen LogP contribution in [0.3, 0.4) is 0 Å². The summed E-state index contributed by atoms with van der Waals surface area (Å²) in [5.41, 5.74) is 0. The van der Waals surface area contributed by atoms with Crippen molar-refractivity contribution in [2.45, 2.75) is 0 Å². The molecule has 0 atom stereocenters. The van der Waals surface area contributed by atoms with Gasteiger partial charge in [-0.2, -0.15) is 0 Å². The normalized spacial score (nSPS) is 5.08. The van der Waals surface area contributed by atoms with Crippen molar-refractivity contribution in [1.82, 2.24) is 0 Å². The Morgan fingerprint density at radius 1 is 0.917 bits per heavy atom. The van der Waals surface area contributed by atoms with Gasteiger partial charge in [-0.3, -0.25) is 4.55 Å². The van der Waals surface area contributed by atoms with Crippen molar-refractivity contribution in [1.29, 1.82) is 0 Å². The van der Waals surface area contributed by atoms with Gasteiger partial charge in [-0.1, -0.05) is 0 Å². The van der Waals surface area contributed by atoms with Gasteiger partial charge in [0.25, 0.3) is 0 Å². The van der Waals surface area contributed by atoms with E-state index < -0.39 is 10.4 Å². The first-order valence-electron chi connectivity index (χ1n) is 0.865. The van der Waals surface area contributed by atoms with Crippen LogP contribution < -0.4 is 0 Å². The zero-order chi connectivity index (χ0) is 6.50. The van der Waals surface area contributed by atoms with E-state index in [0.717, 1.165) is 17.4 Å². The topological polar surface area (TPSA) is 252 Å². The van der Waals surface area contributed by atoms with Gasteiger partial charge < -0.3 is 31.9 Å². The minimum atomic E-state index is -4.92. The van der Waals surface area contributed by atoms with Crippen LogP contribution in [0.2, 0.25) is 0 Å². The summed E-state index contributed by atoms with van der Waals surface area (Å²) >= 11 is 1.06. The molecule has 0 amide bonds. The first-order valence-corrected chi connectivity index (χ1v) is 2.80. The minimum absolute atomic E-state index is 0. The summed E-state index contributed by atoms with van der Waals surface area (Å²) in [5.74, 6) is 0. The molecule has 0 radical (unpaired) electrons. The van der Waals surface area contributed by atoms with Crippen LogP contribution in [-0.2, 0) is 31.4 Å². The molecule has 0 heterocycles. The van der Waals surface area contributed by atoms with Gasteiger partial charge >= 0.3 is 21.0 Å². The Hall–Kier alpha value is 0.0544. The zero-order valence-corrected chi connectivity index (χ0v) is 7.65. The molecule has 0 spiro atoms. The molecular weight excluding hydrogens is 243 g/mol. The molecular formula is H11O10SV-. The average molecular weight is 254 g/mol. The van der Waals surface area contributed by atoms with Crippen molar-refractivity contribution in [2.75, 3.05) is 0 Å². The second-order valence-electron chi connectivity index (χ2n) is 0.428. The second kappa shape index (κ2) is 30.5. The fraction of sp³-hybridized carbons (Fsp3) is 0. The van der Waals surface area contributed by atoms with Crippen molar-refractivity contribution < 1.29 is 65.9 Å². The predicted octanol–water partition coefficient (Wildman–Crippen LogP) is -5.24. The molecule has 0 bridgehead atoms. The molecule has 11 N–H and O–H groups in total. The second-order valence-corrected chi connectivity index (χ2v) is 1.28. The van der Waals surface area contributed by atoms with Crippen LogP contribution in [0, 0.1) is 0 Å². The summed E-state index contributed by atoms with van der Waals surface area (Å²) in [4.78, 5) is 0. The summed E-state index contributed by atoms with van der Waals surface area (Å²) in [6.07, 6.45) is 0. The summed E-state index contributed by atoms with van der Waals surface area (Å²) in [7, 11) is -4.92. The van der Waals surface area contributed by atoms with Crippen molar-refractivity contribution in [3.63, 3.8) is 0 Å². The van der Waals surface area contributed by atoms with E-state index in [1.54, 1.807) is 0 Å². The van der Waals surface area contributed by atoms with Crippen LogP contribution in [0.4, 0.5) is 0 Å². The molecule has 12 heavy (non-hydrogen) atoms. The molecule has 0 saturated heterocycles. The summed E-state index contributed by atoms with van der Waals surface area (Å²) < 4.78 is 41.0. The molecule has 0 saturated carbocycles. The van der Waals surface area contributed by atoms with Gasteiger partial charge in [-0.25, -0.2) is 8.42 Å². The monoisotopic (exact) mass is 254 g/mol. The SMILES string of the molecule is O.O.O.O.O.O=S(=O)([O-])O.[O]=[V]. The fourth-order valence-corrected chi connectivity index (χ4v) is 0. The van der Waals surface area contributed by atoms with Crippen molar-refractivity contribution >= 4 is 10.4 Å². The fourth-order valence-electron chi connectivity index (χ4n) is 0. The standard InChI is InChI=1S/H2O4S.5H2O.O.V/c1-5(2,3)4;;;;;;;/h(H2,1,2,3,4);5*1H2;;/p-1. The molecule has 0 aliphatic rings. The van der Waals surface area contributed by atoms with E-state index in [1.807, 2.05) is 0 Å². The van der Waals surface area contributed by atoms with Gasteiger partial charge in [-0.05, 0) is 0 Å². The van der Waals surface area contributed by atoms with Crippen LogP contribution in [0.15, 0.2) is 0 Å². The Morgan fingerprint density at radius 3 is 0.917 bits per heavy atom. The van der Waals surface area contributed by atoms with Crippen molar-refractivity contribution in [3.05, 3.63) is 0 Å². The molecule has 10 nitrogen and oxygen atoms in total. The van der Waals surface area contributed by atoms with Crippen LogP contribution >= 0.6 is 0 Å². The van der Waals surface area contributed by atoms with E-state index in [-0.39, 0.29) is 27.4 Å². The predicted molar refractivity (Wildman–Crippen MR) is 31.1 cm³/mol.